The second kappa shape index (κ2) is 4.72. The number of aromatic nitrogens is 1. The van der Waals surface area contributed by atoms with Gasteiger partial charge in [-0.15, -0.1) is 0 Å². The van der Waals surface area contributed by atoms with Crippen molar-refractivity contribution in [2.75, 3.05) is 7.11 Å². The highest BCUT2D eigenvalue weighted by atomic mass is 35.5. The van der Waals surface area contributed by atoms with Crippen molar-refractivity contribution in [2.45, 2.75) is 13.3 Å². The minimum absolute atomic E-state index is 0.333. The van der Waals surface area contributed by atoms with Crippen molar-refractivity contribution in [2.24, 2.45) is 0 Å². The smallest absolute Gasteiger partial charge is 0.356 e. The zero-order chi connectivity index (χ0) is 12.4. The molecule has 4 heteroatoms. The minimum Gasteiger partial charge on any atom is -0.464 e. The molecule has 88 valence electrons. The van der Waals surface area contributed by atoms with Crippen LogP contribution in [0.25, 0.3) is 10.8 Å². The van der Waals surface area contributed by atoms with E-state index in [-0.39, 0.29) is 0 Å². The first kappa shape index (κ1) is 11.9. The molecule has 1 heterocycles. The Labute approximate surface area is 104 Å². The van der Waals surface area contributed by atoms with E-state index in [1.165, 1.54) is 7.11 Å². The zero-order valence-corrected chi connectivity index (χ0v) is 10.4. The molecule has 0 amide bonds. The van der Waals surface area contributed by atoms with E-state index in [1.807, 2.05) is 19.1 Å². The summed E-state index contributed by atoms with van der Waals surface area (Å²) in [6, 6.07) is 7.26. The maximum Gasteiger partial charge on any atom is 0.356 e. The van der Waals surface area contributed by atoms with Gasteiger partial charge in [0.25, 0.3) is 0 Å². The summed E-state index contributed by atoms with van der Waals surface area (Å²) in [5, 5.41) is 2.59. The molecule has 2 rings (SSSR count). The van der Waals surface area contributed by atoms with E-state index in [1.54, 1.807) is 12.1 Å². The lowest BCUT2D eigenvalue weighted by Crippen LogP contribution is -2.06. The summed E-state index contributed by atoms with van der Waals surface area (Å²) < 4.78 is 4.68. The molecule has 2 aromatic rings. The molecule has 3 nitrogen and oxygen atoms in total. The number of hydrogen-bond acceptors (Lipinski definition) is 3. The van der Waals surface area contributed by atoms with Gasteiger partial charge >= 0.3 is 5.97 Å². The van der Waals surface area contributed by atoms with Crippen molar-refractivity contribution in [1.82, 2.24) is 4.98 Å². The highest BCUT2D eigenvalue weighted by Gasteiger charge is 2.11. The van der Waals surface area contributed by atoms with Gasteiger partial charge < -0.3 is 4.74 Å². The molecule has 0 atom stereocenters. The number of hydrogen-bond donors (Lipinski definition) is 0. The van der Waals surface area contributed by atoms with Crippen molar-refractivity contribution in [3.63, 3.8) is 0 Å². The number of fused-ring (bicyclic) bond motifs is 1. The first-order valence-corrected chi connectivity index (χ1v) is 5.71. The Morgan fingerprint density at radius 1 is 1.41 bits per heavy atom. The lowest BCUT2D eigenvalue weighted by molar-refractivity contribution is 0.0594. The van der Waals surface area contributed by atoms with Crippen LogP contribution in [-0.4, -0.2) is 18.1 Å². The quantitative estimate of drug-likeness (QED) is 0.767. The SMILES string of the molecule is CCc1nc(C(=O)OC)cc2ccc(Cl)cc12. The predicted octanol–water partition coefficient (Wildman–Crippen LogP) is 3.24. The van der Waals surface area contributed by atoms with Crippen LogP contribution in [0.15, 0.2) is 24.3 Å². The van der Waals surface area contributed by atoms with E-state index >= 15 is 0 Å². The van der Waals surface area contributed by atoms with Gasteiger partial charge in [0, 0.05) is 16.1 Å². The van der Waals surface area contributed by atoms with E-state index in [0.717, 1.165) is 22.9 Å². The van der Waals surface area contributed by atoms with Crippen molar-refractivity contribution in [3.8, 4) is 0 Å². The van der Waals surface area contributed by atoms with Crippen LogP contribution in [0.1, 0.15) is 23.1 Å². The third-order valence-corrected chi connectivity index (χ3v) is 2.84. The van der Waals surface area contributed by atoms with E-state index in [4.69, 9.17) is 11.6 Å². The van der Waals surface area contributed by atoms with Gasteiger partial charge in [-0.2, -0.15) is 0 Å². The average Bonchev–Trinajstić information content (AvgIpc) is 2.36. The van der Waals surface area contributed by atoms with Gasteiger partial charge in [-0.05, 0) is 30.0 Å². The monoisotopic (exact) mass is 249 g/mol. The fourth-order valence-electron chi connectivity index (χ4n) is 1.77. The first-order valence-electron chi connectivity index (χ1n) is 5.33. The van der Waals surface area contributed by atoms with E-state index in [9.17, 15) is 4.79 Å². The summed E-state index contributed by atoms with van der Waals surface area (Å²) >= 11 is 5.96. The van der Waals surface area contributed by atoms with E-state index in [2.05, 4.69) is 9.72 Å². The highest BCUT2D eigenvalue weighted by Crippen LogP contribution is 2.23. The number of carbonyl (C=O) groups is 1. The van der Waals surface area contributed by atoms with Crippen molar-refractivity contribution in [1.29, 1.82) is 0 Å². The first-order chi connectivity index (χ1) is 8.15. The van der Waals surface area contributed by atoms with Crippen molar-refractivity contribution < 1.29 is 9.53 Å². The maximum absolute atomic E-state index is 11.5. The molecule has 1 aromatic carbocycles. The standard InChI is InChI=1S/C13H12ClNO2/c1-3-11-10-7-9(14)5-4-8(10)6-12(15-11)13(16)17-2/h4-7H,3H2,1-2H3. The van der Waals surface area contributed by atoms with Crippen LogP contribution in [0.2, 0.25) is 5.02 Å². The van der Waals surface area contributed by atoms with Crippen LogP contribution >= 0.6 is 11.6 Å². The van der Waals surface area contributed by atoms with Crippen LogP contribution in [-0.2, 0) is 11.2 Å². The normalized spacial score (nSPS) is 10.5. The Morgan fingerprint density at radius 2 is 2.18 bits per heavy atom. The second-order valence-electron chi connectivity index (χ2n) is 3.66. The van der Waals surface area contributed by atoms with Gasteiger partial charge in [0.05, 0.1) is 7.11 Å². The van der Waals surface area contributed by atoms with Crippen LogP contribution in [0, 0.1) is 0 Å². The molecular formula is C13H12ClNO2. The topological polar surface area (TPSA) is 39.2 Å². The molecule has 0 spiro atoms. The maximum atomic E-state index is 11.5. The van der Waals surface area contributed by atoms with Gasteiger partial charge in [-0.1, -0.05) is 24.6 Å². The largest absolute Gasteiger partial charge is 0.464 e. The van der Waals surface area contributed by atoms with Gasteiger partial charge in [-0.3, -0.25) is 0 Å². The fourth-order valence-corrected chi connectivity index (χ4v) is 1.94. The van der Waals surface area contributed by atoms with E-state index in [0.29, 0.717) is 10.7 Å². The number of benzene rings is 1. The lowest BCUT2D eigenvalue weighted by Gasteiger charge is -2.07. The molecule has 0 radical (unpaired) electrons. The molecule has 0 N–H and O–H groups in total. The number of aryl methyl sites for hydroxylation is 1. The summed E-state index contributed by atoms with van der Waals surface area (Å²) in [6.07, 6.45) is 0.738. The Balaban J connectivity index is 2.70. The summed E-state index contributed by atoms with van der Waals surface area (Å²) in [5.74, 6) is -0.420. The molecule has 0 bridgehead atoms. The second-order valence-corrected chi connectivity index (χ2v) is 4.10. The molecule has 0 saturated carbocycles. The number of carbonyl (C=O) groups excluding carboxylic acids is 1. The summed E-state index contributed by atoms with van der Waals surface area (Å²) in [6.45, 7) is 1.99. The van der Waals surface area contributed by atoms with Crippen molar-refractivity contribution >= 4 is 28.3 Å². The molecule has 0 aliphatic heterocycles. The number of pyridine rings is 1. The van der Waals surface area contributed by atoms with Gasteiger partial charge in [0.2, 0.25) is 0 Å². The molecular weight excluding hydrogens is 238 g/mol. The van der Waals surface area contributed by atoms with Crippen molar-refractivity contribution in [3.05, 3.63) is 40.7 Å². The minimum atomic E-state index is -0.420. The summed E-state index contributed by atoms with van der Waals surface area (Å²) in [7, 11) is 1.35. The fraction of sp³-hybridized carbons (Fsp3) is 0.231. The molecule has 1 aromatic heterocycles. The Morgan fingerprint density at radius 3 is 2.82 bits per heavy atom. The molecule has 0 saturated heterocycles. The summed E-state index contributed by atoms with van der Waals surface area (Å²) in [5.41, 5.74) is 1.18. The van der Waals surface area contributed by atoms with Gasteiger partial charge in [0.1, 0.15) is 5.69 Å². The van der Waals surface area contributed by atoms with Gasteiger partial charge in [0.15, 0.2) is 0 Å². The highest BCUT2D eigenvalue weighted by molar-refractivity contribution is 6.31. The molecule has 0 fully saturated rings. The number of nitrogens with zero attached hydrogens (tertiary/aromatic N) is 1. The predicted molar refractivity (Wildman–Crippen MR) is 67.5 cm³/mol. The van der Waals surface area contributed by atoms with Crippen LogP contribution in [0.3, 0.4) is 0 Å². The Kier molecular flexibility index (Phi) is 3.29. The average molecular weight is 250 g/mol. The summed E-state index contributed by atoms with van der Waals surface area (Å²) in [4.78, 5) is 15.8. The number of ether oxygens (including phenoxy) is 1. The number of esters is 1. The van der Waals surface area contributed by atoms with Crippen LogP contribution in [0.4, 0.5) is 0 Å². The van der Waals surface area contributed by atoms with Crippen LogP contribution < -0.4 is 0 Å². The lowest BCUT2D eigenvalue weighted by atomic mass is 10.1. The molecule has 0 aliphatic rings. The van der Waals surface area contributed by atoms with Crippen LogP contribution in [0.5, 0.6) is 0 Å². The zero-order valence-electron chi connectivity index (χ0n) is 9.66. The Hall–Kier alpha value is -1.61. The Bertz CT molecular complexity index is 581. The molecule has 17 heavy (non-hydrogen) atoms. The third-order valence-electron chi connectivity index (χ3n) is 2.60. The molecule has 0 aliphatic carbocycles. The third kappa shape index (κ3) is 2.24. The van der Waals surface area contributed by atoms with Gasteiger partial charge in [-0.25, -0.2) is 9.78 Å². The molecule has 0 unspecified atom stereocenters. The number of methoxy groups -OCH3 is 1. The number of rotatable bonds is 2. The number of halogens is 1. The van der Waals surface area contributed by atoms with E-state index < -0.39 is 5.97 Å².